The van der Waals surface area contributed by atoms with E-state index in [1.807, 2.05) is 0 Å². The maximum absolute atomic E-state index is 12.2. The van der Waals surface area contributed by atoms with Crippen molar-refractivity contribution < 1.29 is 9.90 Å². The van der Waals surface area contributed by atoms with Gasteiger partial charge >= 0.3 is 0 Å². The number of phenolic OH excluding ortho intramolecular Hbond substituents is 1. The largest absolute Gasteiger partial charge is 0.508 e. The minimum Gasteiger partial charge on any atom is -0.508 e. The summed E-state index contributed by atoms with van der Waals surface area (Å²) in [7, 11) is 0. The standard InChI is InChI=1S/C15H22N2O2/c1-15(2)7-3-4-10(9-15)17-14(19)12-8-11(18)5-6-13(12)16/h5-6,8,10,18H,3-4,7,9,16H2,1-2H3,(H,17,19). The highest BCUT2D eigenvalue weighted by atomic mass is 16.3. The molecule has 1 fully saturated rings. The number of carbonyl (C=O) groups excluding carboxylic acids is 1. The van der Waals surface area contributed by atoms with E-state index >= 15 is 0 Å². The monoisotopic (exact) mass is 262 g/mol. The van der Waals surface area contributed by atoms with E-state index < -0.39 is 0 Å². The highest BCUT2D eigenvalue weighted by Gasteiger charge is 2.29. The molecule has 2 rings (SSSR count). The third kappa shape index (κ3) is 3.40. The van der Waals surface area contributed by atoms with E-state index in [1.54, 1.807) is 6.07 Å². The van der Waals surface area contributed by atoms with E-state index in [4.69, 9.17) is 5.73 Å². The van der Waals surface area contributed by atoms with Crippen molar-refractivity contribution in [1.29, 1.82) is 0 Å². The van der Waals surface area contributed by atoms with Gasteiger partial charge in [-0.05, 0) is 42.9 Å². The first-order chi connectivity index (χ1) is 8.87. The molecule has 1 amide bonds. The molecule has 0 aliphatic heterocycles. The van der Waals surface area contributed by atoms with Gasteiger partial charge in [-0.25, -0.2) is 0 Å². The second kappa shape index (κ2) is 5.11. The average Bonchev–Trinajstić information content (AvgIpc) is 2.31. The van der Waals surface area contributed by atoms with E-state index in [2.05, 4.69) is 19.2 Å². The second-order valence-electron chi connectivity index (χ2n) is 6.20. The number of anilines is 1. The van der Waals surface area contributed by atoms with Gasteiger partial charge in [-0.1, -0.05) is 20.3 Å². The van der Waals surface area contributed by atoms with Crippen molar-refractivity contribution in [3.8, 4) is 5.75 Å². The van der Waals surface area contributed by atoms with Crippen LogP contribution in [-0.2, 0) is 0 Å². The van der Waals surface area contributed by atoms with Gasteiger partial charge < -0.3 is 16.2 Å². The summed E-state index contributed by atoms with van der Waals surface area (Å²) in [5.74, 6) is -0.139. The van der Waals surface area contributed by atoms with Crippen LogP contribution in [0.2, 0.25) is 0 Å². The van der Waals surface area contributed by atoms with E-state index in [9.17, 15) is 9.90 Å². The first-order valence-corrected chi connectivity index (χ1v) is 6.77. The van der Waals surface area contributed by atoms with E-state index in [1.165, 1.54) is 18.6 Å². The third-order valence-electron chi connectivity index (χ3n) is 3.82. The molecule has 1 saturated carbocycles. The fourth-order valence-electron chi connectivity index (χ4n) is 2.83. The van der Waals surface area contributed by atoms with Crippen LogP contribution in [0.15, 0.2) is 18.2 Å². The number of hydrogen-bond donors (Lipinski definition) is 3. The van der Waals surface area contributed by atoms with Gasteiger partial charge in [0, 0.05) is 11.7 Å². The maximum Gasteiger partial charge on any atom is 0.253 e. The highest BCUT2D eigenvalue weighted by molar-refractivity contribution is 5.99. The zero-order valence-corrected chi connectivity index (χ0v) is 11.6. The van der Waals surface area contributed by atoms with Crippen molar-refractivity contribution in [2.75, 3.05) is 5.73 Å². The summed E-state index contributed by atoms with van der Waals surface area (Å²) in [6.45, 7) is 4.46. The lowest BCUT2D eigenvalue weighted by molar-refractivity contribution is 0.0903. The molecule has 4 heteroatoms. The third-order valence-corrected chi connectivity index (χ3v) is 3.82. The predicted octanol–water partition coefficient (Wildman–Crippen LogP) is 2.67. The highest BCUT2D eigenvalue weighted by Crippen LogP contribution is 2.35. The molecule has 0 saturated heterocycles. The number of nitrogen functional groups attached to an aromatic ring is 1. The van der Waals surface area contributed by atoms with Gasteiger partial charge in [0.15, 0.2) is 0 Å². The van der Waals surface area contributed by atoms with Crippen LogP contribution in [0.25, 0.3) is 0 Å². The van der Waals surface area contributed by atoms with Gasteiger partial charge in [-0.3, -0.25) is 4.79 Å². The molecule has 1 aliphatic rings. The number of phenols is 1. The SMILES string of the molecule is CC1(C)CCCC(NC(=O)c2cc(O)ccc2N)C1. The molecular formula is C15H22N2O2. The average molecular weight is 262 g/mol. The molecule has 4 nitrogen and oxygen atoms in total. The van der Waals surface area contributed by atoms with Gasteiger partial charge in [0.2, 0.25) is 0 Å². The Hall–Kier alpha value is -1.71. The van der Waals surface area contributed by atoms with Crippen LogP contribution in [-0.4, -0.2) is 17.1 Å². The first kappa shape index (κ1) is 13.7. The number of benzene rings is 1. The van der Waals surface area contributed by atoms with Crippen molar-refractivity contribution in [2.24, 2.45) is 5.41 Å². The Labute approximate surface area is 114 Å². The van der Waals surface area contributed by atoms with E-state index in [0.29, 0.717) is 11.3 Å². The number of nitrogens with one attached hydrogen (secondary N) is 1. The molecule has 0 spiro atoms. The summed E-state index contributed by atoms with van der Waals surface area (Å²) >= 11 is 0. The lowest BCUT2D eigenvalue weighted by Crippen LogP contribution is -2.40. The summed E-state index contributed by atoms with van der Waals surface area (Å²) in [6.07, 6.45) is 4.33. The van der Waals surface area contributed by atoms with Crippen molar-refractivity contribution in [3.63, 3.8) is 0 Å². The van der Waals surface area contributed by atoms with Gasteiger partial charge in [0.05, 0.1) is 5.56 Å². The van der Waals surface area contributed by atoms with Crippen LogP contribution in [0.3, 0.4) is 0 Å². The molecule has 0 radical (unpaired) electrons. The van der Waals surface area contributed by atoms with Gasteiger partial charge in [0.25, 0.3) is 5.91 Å². The van der Waals surface area contributed by atoms with Gasteiger partial charge in [-0.2, -0.15) is 0 Å². The summed E-state index contributed by atoms with van der Waals surface area (Å²) in [5.41, 5.74) is 6.80. The van der Waals surface area contributed by atoms with Gasteiger partial charge in [-0.15, -0.1) is 0 Å². The van der Waals surface area contributed by atoms with Crippen molar-refractivity contribution in [2.45, 2.75) is 45.6 Å². The van der Waals surface area contributed by atoms with Gasteiger partial charge in [0.1, 0.15) is 5.75 Å². The molecule has 0 heterocycles. The Morgan fingerprint density at radius 3 is 2.89 bits per heavy atom. The van der Waals surface area contributed by atoms with Crippen LogP contribution >= 0.6 is 0 Å². The van der Waals surface area contributed by atoms with Crippen molar-refractivity contribution in [1.82, 2.24) is 5.32 Å². The summed E-state index contributed by atoms with van der Waals surface area (Å²) < 4.78 is 0. The smallest absolute Gasteiger partial charge is 0.253 e. The maximum atomic E-state index is 12.2. The minimum absolute atomic E-state index is 0.0586. The van der Waals surface area contributed by atoms with E-state index in [0.717, 1.165) is 19.3 Å². The summed E-state index contributed by atoms with van der Waals surface area (Å²) in [6, 6.07) is 4.64. The number of aromatic hydroxyl groups is 1. The molecule has 1 atom stereocenters. The number of amides is 1. The lowest BCUT2D eigenvalue weighted by Gasteiger charge is -2.35. The lowest BCUT2D eigenvalue weighted by atomic mass is 9.75. The normalized spacial score (nSPS) is 21.9. The van der Waals surface area contributed by atoms with Crippen molar-refractivity contribution >= 4 is 11.6 Å². The number of nitrogens with two attached hydrogens (primary N) is 1. The van der Waals surface area contributed by atoms with Crippen LogP contribution in [0.1, 0.15) is 49.9 Å². The predicted molar refractivity (Wildman–Crippen MR) is 76.0 cm³/mol. The summed E-state index contributed by atoms with van der Waals surface area (Å²) in [5, 5.41) is 12.5. The summed E-state index contributed by atoms with van der Waals surface area (Å²) in [4.78, 5) is 12.2. The molecule has 1 aromatic rings. The molecule has 4 N–H and O–H groups in total. The molecule has 1 aromatic carbocycles. The fraction of sp³-hybridized carbons (Fsp3) is 0.533. The fourth-order valence-corrected chi connectivity index (χ4v) is 2.83. The number of rotatable bonds is 2. The topological polar surface area (TPSA) is 75.3 Å². The molecule has 0 bridgehead atoms. The zero-order valence-electron chi connectivity index (χ0n) is 11.6. The van der Waals surface area contributed by atoms with Crippen LogP contribution in [0.4, 0.5) is 5.69 Å². The minimum atomic E-state index is -0.198. The Morgan fingerprint density at radius 1 is 1.47 bits per heavy atom. The van der Waals surface area contributed by atoms with E-state index in [-0.39, 0.29) is 23.1 Å². The molecule has 1 unspecified atom stereocenters. The Balaban J connectivity index is 2.06. The van der Waals surface area contributed by atoms with Crippen LogP contribution < -0.4 is 11.1 Å². The zero-order chi connectivity index (χ0) is 14.0. The molecule has 0 aromatic heterocycles. The molecule has 19 heavy (non-hydrogen) atoms. The molecule has 104 valence electrons. The quantitative estimate of drug-likeness (QED) is 0.566. The molecular weight excluding hydrogens is 240 g/mol. The van der Waals surface area contributed by atoms with Crippen molar-refractivity contribution in [3.05, 3.63) is 23.8 Å². The molecule has 1 aliphatic carbocycles. The van der Waals surface area contributed by atoms with Crippen LogP contribution in [0, 0.1) is 5.41 Å². The number of hydrogen-bond acceptors (Lipinski definition) is 3. The first-order valence-electron chi connectivity index (χ1n) is 6.77. The Kier molecular flexibility index (Phi) is 3.69. The van der Waals surface area contributed by atoms with Crippen LogP contribution in [0.5, 0.6) is 5.75 Å². The number of carbonyl (C=O) groups is 1. The Morgan fingerprint density at radius 2 is 2.21 bits per heavy atom. The second-order valence-corrected chi connectivity index (χ2v) is 6.20. The Bertz CT molecular complexity index is 483.